The van der Waals surface area contributed by atoms with Gasteiger partial charge in [-0.3, -0.25) is 0 Å². The fourth-order valence-electron chi connectivity index (χ4n) is 1.30. The molecule has 0 spiro atoms. The van der Waals surface area contributed by atoms with E-state index in [-0.39, 0.29) is 5.92 Å². The highest BCUT2D eigenvalue weighted by Crippen LogP contribution is 2.25. The number of halogens is 2. The number of hydrogen-bond acceptors (Lipinski definition) is 2. The van der Waals surface area contributed by atoms with E-state index in [2.05, 4.69) is 0 Å². The fourth-order valence-corrected chi connectivity index (χ4v) is 1.30. The van der Waals surface area contributed by atoms with E-state index in [0.29, 0.717) is 5.56 Å². The van der Waals surface area contributed by atoms with E-state index in [0.717, 1.165) is 6.07 Å². The molecule has 1 aromatic carbocycles. The van der Waals surface area contributed by atoms with Crippen LogP contribution in [0.25, 0.3) is 0 Å². The maximum atomic E-state index is 13.3. The molecular weight excluding hydrogens is 218 g/mol. The normalized spacial score (nSPS) is 12.9. The summed E-state index contributed by atoms with van der Waals surface area (Å²) in [7, 11) is 0. The van der Waals surface area contributed by atoms with E-state index >= 15 is 0 Å². The molecule has 0 radical (unpaired) electrons. The summed E-state index contributed by atoms with van der Waals surface area (Å²) in [6.45, 7) is 3.51. The molecule has 0 aliphatic heterocycles. The number of aliphatic hydroxyl groups excluding tert-OH is 1. The molecule has 0 fully saturated rings. The number of rotatable bonds is 3. The van der Waals surface area contributed by atoms with Crippen LogP contribution < -0.4 is 0 Å². The van der Waals surface area contributed by atoms with Gasteiger partial charge in [0.1, 0.15) is 0 Å². The predicted octanol–water partition coefficient (Wildman–Crippen LogP) is 2.21. The fraction of sp³-hybridized carbons (Fsp3) is 0.364. The van der Waals surface area contributed by atoms with Crippen LogP contribution in [0.1, 0.15) is 37.0 Å². The first kappa shape index (κ1) is 12.6. The van der Waals surface area contributed by atoms with Crippen LogP contribution in [0.4, 0.5) is 8.78 Å². The van der Waals surface area contributed by atoms with E-state index in [1.54, 1.807) is 13.8 Å². The van der Waals surface area contributed by atoms with Crippen LogP contribution >= 0.6 is 0 Å². The summed E-state index contributed by atoms with van der Waals surface area (Å²) in [5, 5.41) is 17.7. The molecule has 0 aliphatic rings. The van der Waals surface area contributed by atoms with Gasteiger partial charge in [0.15, 0.2) is 17.7 Å². The number of benzene rings is 1. The Hall–Kier alpha value is -1.49. The van der Waals surface area contributed by atoms with Crippen LogP contribution in [-0.2, 0) is 4.79 Å². The molecule has 1 unspecified atom stereocenters. The minimum atomic E-state index is -2.05. The smallest absolute Gasteiger partial charge is 0.337 e. The Bertz CT molecular complexity index is 416. The minimum Gasteiger partial charge on any atom is -0.479 e. The lowest BCUT2D eigenvalue weighted by molar-refractivity contribution is -0.147. The van der Waals surface area contributed by atoms with Crippen LogP contribution in [-0.4, -0.2) is 16.2 Å². The van der Waals surface area contributed by atoms with Gasteiger partial charge in [0.2, 0.25) is 0 Å². The summed E-state index contributed by atoms with van der Waals surface area (Å²) < 4.78 is 26.4. The van der Waals surface area contributed by atoms with Gasteiger partial charge in [-0.15, -0.1) is 0 Å². The van der Waals surface area contributed by atoms with E-state index in [9.17, 15) is 18.7 Å². The Morgan fingerprint density at radius 2 is 1.88 bits per heavy atom. The number of hydrogen-bond donors (Lipinski definition) is 2. The molecule has 0 amide bonds. The highest BCUT2D eigenvalue weighted by atomic mass is 19.2. The molecular formula is C11H12F2O3. The molecule has 88 valence electrons. The summed E-state index contributed by atoms with van der Waals surface area (Å²) in [6.07, 6.45) is -2.05. The van der Waals surface area contributed by atoms with Crippen molar-refractivity contribution in [2.75, 3.05) is 0 Å². The number of carboxylic acids is 1. The third-order valence-electron chi connectivity index (χ3n) is 2.27. The Balaban J connectivity index is 3.32. The van der Waals surface area contributed by atoms with Gasteiger partial charge in [-0.05, 0) is 23.6 Å². The molecule has 0 aliphatic carbocycles. The van der Waals surface area contributed by atoms with Crippen molar-refractivity contribution in [3.05, 3.63) is 34.9 Å². The van der Waals surface area contributed by atoms with Gasteiger partial charge in [-0.1, -0.05) is 13.8 Å². The van der Waals surface area contributed by atoms with E-state index < -0.39 is 29.3 Å². The average molecular weight is 230 g/mol. The first-order valence-corrected chi connectivity index (χ1v) is 4.74. The maximum absolute atomic E-state index is 13.3. The lowest BCUT2D eigenvalue weighted by Crippen LogP contribution is -2.14. The van der Waals surface area contributed by atoms with Crippen LogP contribution in [0.2, 0.25) is 0 Å². The number of carbonyl (C=O) groups is 1. The summed E-state index contributed by atoms with van der Waals surface area (Å²) in [5.74, 6) is -4.17. The Morgan fingerprint density at radius 3 is 2.31 bits per heavy atom. The monoisotopic (exact) mass is 230 g/mol. The molecule has 0 bridgehead atoms. The minimum absolute atomic E-state index is 0.0881. The molecule has 0 aromatic heterocycles. The van der Waals surface area contributed by atoms with Crippen LogP contribution in [0.3, 0.4) is 0 Å². The van der Waals surface area contributed by atoms with Crippen molar-refractivity contribution in [1.29, 1.82) is 0 Å². The largest absolute Gasteiger partial charge is 0.479 e. The Labute approximate surface area is 91.3 Å². The predicted molar refractivity (Wildman–Crippen MR) is 53.0 cm³/mol. The molecule has 5 heteroatoms. The van der Waals surface area contributed by atoms with E-state index in [1.165, 1.54) is 6.07 Å². The zero-order chi connectivity index (χ0) is 12.5. The molecule has 0 saturated heterocycles. The van der Waals surface area contributed by atoms with Gasteiger partial charge < -0.3 is 10.2 Å². The molecule has 1 atom stereocenters. The molecule has 1 aromatic rings. The Morgan fingerprint density at radius 1 is 1.31 bits per heavy atom. The zero-order valence-electron chi connectivity index (χ0n) is 8.87. The lowest BCUT2D eigenvalue weighted by Gasteiger charge is -2.12. The highest BCUT2D eigenvalue weighted by molar-refractivity contribution is 5.74. The second kappa shape index (κ2) is 4.57. The van der Waals surface area contributed by atoms with Crippen molar-refractivity contribution in [2.45, 2.75) is 25.9 Å². The second-order valence-corrected chi connectivity index (χ2v) is 3.80. The van der Waals surface area contributed by atoms with E-state index in [4.69, 9.17) is 5.11 Å². The van der Waals surface area contributed by atoms with Crippen LogP contribution in [0.5, 0.6) is 0 Å². The number of aliphatic carboxylic acids is 1. The second-order valence-electron chi connectivity index (χ2n) is 3.80. The van der Waals surface area contributed by atoms with Crippen molar-refractivity contribution >= 4 is 5.97 Å². The molecule has 3 nitrogen and oxygen atoms in total. The summed E-state index contributed by atoms with van der Waals surface area (Å²) in [5.41, 5.74) is -0.106. The SMILES string of the molecule is CC(C)c1cc(F)c(F)c(C(O)C(=O)O)c1. The van der Waals surface area contributed by atoms with Gasteiger partial charge in [0.25, 0.3) is 0 Å². The first-order valence-electron chi connectivity index (χ1n) is 4.74. The number of aliphatic hydroxyl groups is 1. The van der Waals surface area contributed by atoms with Gasteiger partial charge in [-0.25, -0.2) is 13.6 Å². The Kier molecular flexibility index (Phi) is 3.59. The molecule has 16 heavy (non-hydrogen) atoms. The van der Waals surface area contributed by atoms with Crippen molar-refractivity contribution in [2.24, 2.45) is 0 Å². The summed E-state index contributed by atoms with van der Waals surface area (Å²) in [6, 6.07) is 2.17. The zero-order valence-corrected chi connectivity index (χ0v) is 8.87. The van der Waals surface area contributed by atoms with Crippen molar-refractivity contribution in [3.8, 4) is 0 Å². The molecule has 0 heterocycles. The summed E-state index contributed by atoms with van der Waals surface area (Å²) in [4.78, 5) is 10.5. The summed E-state index contributed by atoms with van der Waals surface area (Å²) >= 11 is 0. The maximum Gasteiger partial charge on any atom is 0.337 e. The lowest BCUT2D eigenvalue weighted by atomic mass is 9.98. The first-order chi connectivity index (χ1) is 7.34. The highest BCUT2D eigenvalue weighted by Gasteiger charge is 2.23. The molecule has 1 rings (SSSR count). The average Bonchev–Trinajstić information content (AvgIpc) is 2.20. The van der Waals surface area contributed by atoms with Crippen molar-refractivity contribution < 1.29 is 23.8 Å². The van der Waals surface area contributed by atoms with Gasteiger partial charge in [0.05, 0.1) is 0 Å². The van der Waals surface area contributed by atoms with Gasteiger partial charge in [-0.2, -0.15) is 0 Å². The van der Waals surface area contributed by atoms with Crippen LogP contribution in [0.15, 0.2) is 12.1 Å². The van der Waals surface area contributed by atoms with Crippen molar-refractivity contribution in [1.82, 2.24) is 0 Å². The van der Waals surface area contributed by atoms with E-state index in [1.807, 2.05) is 0 Å². The van der Waals surface area contributed by atoms with Crippen LogP contribution in [0, 0.1) is 11.6 Å². The van der Waals surface area contributed by atoms with Gasteiger partial charge in [0, 0.05) is 5.56 Å². The number of carboxylic acid groups (broad SMARTS) is 1. The standard InChI is InChI=1S/C11H12F2O3/c1-5(2)6-3-7(10(14)11(15)16)9(13)8(12)4-6/h3-5,10,14H,1-2H3,(H,15,16). The third kappa shape index (κ3) is 2.36. The quantitative estimate of drug-likeness (QED) is 0.836. The molecule has 0 saturated carbocycles. The van der Waals surface area contributed by atoms with Gasteiger partial charge >= 0.3 is 5.97 Å². The topological polar surface area (TPSA) is 57.5 Å². The third-order valence-corrected chi connectivity index (χ3v) is 2.27. The molecule has 2 N–H and O–H groups in total. The van der Waals surface area contributed by atoms with Crippen molar-refractivity contribution in [3.63, 3.8) is 0 Å².